The highest BCUT2D eigenvalue weighted by Crippen LogP contribution is 2.48. The number of rotatable bonds is 5. The van der Waals surface area contributed by atoms with Crippen molar-refractivity contribution in [1.29, 1.82) is 0 Å². The Hall–Kier alpha value is -1.62. The summed E-state index contributed by atoms with van der Waals surface area (Å²) in [6, 6.07) is 2.14. The molecule has 0 amide bonds. The fraction of sp³-hybridized carbons (Fsp3) is 0.625. The Kier molecular flexibility index (Phi) is 3.40. The van der Waals surface area contributed by atoms with E-state index in [1.165, 1.54) is 12.8 Å². The molecule has 21 heavy (non-hydrogen) atoms. The van der Waals surface area contributed by atoms with Crippen molar-refractivity contribution in [2.24, 2.45) is 11.1 Å². The van der Waals surface area contributed by atoms with Crippen LogP contribution in [0.3, 0.4) is 0 Å². The molecule has 0 aliphatic heterocycles. The fourth-order valence-corrected chi connectivity index (χ4v) is 2.69. The van der Waals surface area contributed by atoms with E-state index < -0.39 is 0 Å². The molecular weight excluding hydrogens is 262 g/mol. The number of anilines is 1. The molecule has 0 atom stereocenters. The normalized spacial score (nSPS) is 17.1. The third-order valence-electron chi connectivity index (χ3n) is 4.42. The topological polar surface area (TPSA) is 68.2 Å². The number of aromatic nitrogens is 3. The number of nitrogens with one attached hydrogen (secondary N) is 1. The summed E-state index contributed by atoms with van der Waals surface area (Å²) in [5.74, 6) is 0.920. The van der Waals surface area contributed by atoms with E-state index >= 15 is 0 Å². The molecule has 1 saturated carbocycles. The van der Waals surface area contributed by atoms with Gasteiger partial charge in [0.05, 0.1) is 5.69 Å². The molecule has 1 aliphatic rings. The van der Waals surface area contributed by atoms with Crippen LogP contribution in [0.1, 0.15) is 45.7 Å². The molecule has 3 N–H and O–H groups in total. The van der Waals surface area contributed by atoms with Crippen LogP contribution in [-0.4, -0.2) is 27.7 Å². The number of fused-ring (bicyclic) bond motifs is 1. The molecule has 1 aliphatic carbocycles. The number of hydrogen-bond donors (Lipinski definition) is 2. The van der Waals surface area contributed by atoms with Crippen molar-refractivity contribution in [2.45, 2.75) is 45.4 Å². The molecule has 0 spiro atoms. The van der Waals surface area contributed by atoms with E-state index in [-0.39, 0.29) is 5.41 Å². The standard InChI is InChI=1S/C16H25N5/c1-15(2,3)13-10-12-14(18-8-9-21(12)20-13)19-11-16(4-5-16)6-7-17/h8-10H,4-7,11,17H2,1-3H3,(H,18,19). The van der Waals surface area contributed by atoms with Crippen molar-refractivity contribution in [3.8, 4) is 0 Å². The van der Waals surface area contributed by atoms with Gasteiger partial charge in [-0.05, 0) is 37.3 Å². The van der Waals surface area contributed by atoms with E-state index in [0.29, 0.717) is 5.41 Å². The van der Waals surface area contributed by atoms with E-state index in [2.05, 4.69) is 42.2 Å². The molecule has 0 radical (unpaired) electrons. The molecule has 2 heterocycles. The van der Waals surface area contributed by atoms with Gasteiger partial charge in [-0.1, -0.05) is 20.8 Å². The van der Waals surface area contributed by atoms with Crippen molar-refractivity contribution in [3.63, 3.8) is 0 Å². The summed E-state index contributed by atoms with van der Waals surface area (Å²) in [4.78, 5) is 4.49. The molecule has 0 saturated heterocycles. The van der Waals surface area contributed by atoms with E-state index in [1.54, 1.807) is 6.20 Å². The van der Waals surface area contributed by atoms with Crippen molar-refractivity contribution >= 4 is 11.3 Å². The second-order valence-corrected chi connectivity index (χ2v) is 7.28. The van der Waals surface area contributed by atoms with Crippen molar-refractivity contribution in [2.75, 3.05) is 18.4 Å². The predicted molar refractivity (Wildman–Crippen MR) is 85.5 cm³/mol. The highest BCUT2D eigenvalue weighted by atomic mass is 15.2. The minimum absolute atomic E-state index is 0.0422. The summed E-state index contributed by atoms with van der Waals surface area (Å²) in [5.41, 5.74) is 8.28. The summed E-state index contributed by atoms with van der Waals surface area (Å²) < 4.78 is 1.92. The molecular formula is C16H25N5. The fourth-order valence-electron chi connectivity index (χ4n) is 2.69. The molecule has 114 valence electrons. The van der Waals surface area contributed by atoms with Gasteiger partial charge in [-0.3, -0.25) is 0 Å². The summed E-state index contributed by atoms with van der Waals surface area (Å²) >= 11 is 0. The summed E-state index contributed by atoms with van der Waals surface area (Å²) in [5, 5.41) is 8.17. The number of nitrogens with zero attached hydrogens (tertiary/aromatic N) is 3. The lowest BCUT2D eigenvalue weighted by molar-refractivity contribution is 0.500. The molecule has 0 bridgehead atoms. The zero-order chi connectivity index (χ0) is 15.1. The minimum Gasteiger partial charge on any atom is -0.368 e. The van der Waals surface area contributed by atoms with Gasteiger partial charge < -0.3 is 11.1 Å². The van der Waals surface area contributed by atoms with Crippen molar-refractivity contribution in [1.82, 2.24) is 14.6 Å². The van der Waals surface area contributed by atoms with Gasteiger partial charge in [-0.25, -0.2) is 9.50 Å². The third kappa shape index (κ3) is 2.88. The Morgan fingerprint density at radius 1 is 1.38 bits per heavy atom. The van der Waals surface area contributed by atoms with Gasteiger partial charge in [0.2, 0.25) is 0 Å². The maximum absolute atomic E-state index is 5.71. The minimum atomic E-state index is 0.0422. The van der Waals surface area contributed by atoms with Crippen LogP contribution in [-0.2, 0) is 5.41 Å². The van der Waals surface area contributed by atoms with Gasteiger partial charge in [0.1, 0.15) is 5.52 Å². The zero-order valence-electron chi connectivity index (χ0n) is 13.2. The first-order chi connectivity index (χ1) is 9.93. The maximum Gasteiger partial charge on any atom is 0.152 e. The third-order valence-corrected chi connectivity index (χ3v) is 4.42. The van der Waals surface area contributed by atoms with Crippen LogP contribution in [0.4, 0.5) is 5.82 Å². The van der Waals surface area contributed by atoms with E-state index in [0.717, 1.165) is 36.5 Å². The quantitative estimate of drug-likeness (QED) is 0.887. The number of hydrogen-bond acceptors (Lipinski definition) is 4. The van der Waals surface area contributed by atoms with Crippen LogP contribution in [0.2, 0.25) is 0 Å². The number of nitrogens with two attached hydrogens (primary N) is 1. The lowest BCUT2D eigenvalue weighted by atomic mass is 9.92. The van der Waals surface area contributed by atoms with E-state index in [1.807, 2.05) is 10.7 Å². The lowest BCUT2D eigenvalue weighted by Crippen LogP contribution is -2.19. The molecule has 5 nitrogen and oxygen atoms in total. The van der Waals surface area contributed by atoms with Gasteiger partial charge in [-0.15, -0.1) is 0 Å². The Balaban J connectivity index is 1.84. The summed E-state index contributed by atoms with van der Waals surface area (Å²) in [7, 11) is 0. The molecule has 3 rings (SSSR count). The Bertz CT molecular complexity index is 634. The van der Waals surface area contributed by atoms with Crippen molar-refractivity contribution in [3.05, 3.63) is 24.2 Å². The molecule has 2 aromatic rings. The first kappa shape index (κ1) is 14.3. The van der Waals surface area contributed by atoms with Gasteiger partial charge in [0.15, 0.2) is 5.82 Å². The van der Waals surface area contributed by atoms with Crippen molar-refractivity contribution < 1.29 is 0 Å². The van der Waals surface area contributed by atoms with Crippen LogP contribution >= 0.6 is 0 Å². The zero-order valence-corrected chi connectivity index (χ0v) is 13.2. The van der Waals surface area contributed by atoms with Crippen LogP contribution < -0.4 is 11.1 Å². The Labute approximate surface area is 125 Å². The molecule has 5 heteroatoms. The van der Waals surface area contributed by atoms with E-state index in [9.17, 15) is 0 Å². The van der Waals surface area contributed by atoms with Gasteiger partial charge >= 0.3 is 0 Å². The highest BCUT2D eigenvalue weighted by molar-refractivity contribution is 5.68. The largest absolute Gasteiger partial charge is 0.368 e. The Morgan fingerprint density at radius 2 is 2.14 bits per heavy atom. The average molecular weight is 287 g/mol. The highest BCUT2D eigenvalue weighted by Gasteiger charge is 2.41. The first-order valence-corrected chi connectivity index (χ1v) is 7.72. The second kappa shape index (κ2) is 4.98. The summed E-state index contributed by atoms with van der Waals surface area (Å²) in [6.07, 6.45) is 7.34. The van der Waals surface area contributed by atoms with Crippen LogP contribution in [0.5, 0.6) is 0 Å². The molecule has 0 aromatic carbocycles. The molecule has 1 fully saturated rings. The first-order valence-electron chi connectivity index (χ1n) is 7.72. The lowest BCUT2D eigenvalue weighted by Gasteiger charge is -2.15. The Morgan fingerprint density at radius 3 is 2.76 bits per heavy atom. The van der Waals surface area contributed by atoms with E-state index in [4.69, 9.17) is 5.73 Å². The van der Waals surface area contributed by atoms with Crippen LogP contribution in [0, 0.1) is 5.41 Å². The second-order valence-electron chi connectivity index (χ2n) is 7.28. The maximum atomic E-state index is 5.71. The van der Waals surface area contributed by atoms with Crippen LogP contribution in [0.25, 0.3) is 5.52 Å². The average Bonchev–Trinajstić information content (AvgIpc) is 3.02. The monoisotopic (exact) mass is 287 g/mol. The summed E-state index contributed by atoms with van der Waals surface area (Å²) in [6.45, 7) is 8.24. The SMILES string of the molecule is CC(C)(C)c1cc2c(NCC3(CCN)CC3)nccn2n1. The molecule has 0 unspecified atom stereocenters. The molecule has 2 aromatic heterocycles. The van der Waals surface area contributed by atoms with Crippen LogP contribution in [0.15, 0.2) is 18.5 Å². The van der Waals surface area contributed by atoms with Gasteiger partial charge in [0, 0.05) is 24.4 Å². The van der Waals surface area contributed by atoms with Gasteiger partial charge in [0.25, 0.3) is 0 Å². The van der Waals surface area contributed by atoms with Gasteiger partial charge in [-0.2, -0.15) is 5.10 Å². The smallest absolute Gasteiger partial charge is 0.152 e. The predicted octanol–water partition coefficient (Wildman–Crippen LogP) is 2.57.